The van der Waals surface area contributed by atoms with E-state index < -0.39 is 10.0 Å². The van der Waals surface area contributed by atoms with Gasteiger partial charge in [0.2, 0.25) is 5.91 Å². The predicted molar refractivity (Wildman–Crippen MR) is 107 cm³/mol. The summed E-state index contributed by atoms with van der Waals surface area (Å²) in [6.45, 7) is 3.30. The van der Waals surface area contributed by atoms with Gasteiger partial charge in [0.25, 0.3) is 10.0 Å². The van der Waals surface area contributed by atoms with Crippen molar-refractivity contribution in [2.24, 2.45) is 4.40 Å². The number of anilines is 2. The zero-order chi connectivity index (χ0) is 19.6. The standard InChI is InChI=1S/C18H17N3O4S2/c1-11-6-7-16-15(8-11)20-18(21-27(16,24)25)26-10-17(23)19-14-5-3-4-13(9-14)12(2)22/h3-9H,10H2,1-2H3,(H,19,23)(H,20,21). The van der Waals surface area contributed by atoms with Crippen LogP contribution in [0.5, 0.6) is 0 Å². The lowest BCUT2D eigenvalue weighted by atomic mass is 10.1. The summed E-state index contributed by atoms with van der Waals surface area (Å²) in [5.74, 6) is -0.467. The number of ketones is 1. The van der Waals surface area contributed by atoms with Gasteiger partial charge in [0.1, 0.15) is 4.90 Å². The number of hydrogen-bond acceptors (Lipinski definition) is 6. The van der Waals surface area contributed by atoms with Crippen molar-refractivity contribution in [1.82, 2.24) is 0 Å². The van der Waals surface area contributed by atoms with Crippen molar-refractivity contribution in [2.45, 2.75) is 18.7 Å². The quantitative estimate of drug-likeness (QED) is 0.761. The van der Waals surface area contributed by atoms with E-state index in [4.69, 9.17) is 0 Å². The SMILES string of the molecule is CC(=O)c1cccc(NC(=O)CSC2=NS(=O)(=O)c3ccc(C)cc3N2)c1. The molecule has 0 bridgehead atoms. The Balaban J connectivity index is 1.67. The lowest BCUT2D eigenvalue weighted by Gasteiger charge is -2.18. The molecule has 0 unspecified atom stereocenters. The summed E-state index contributed by atoms with van der Waals surface area (Å²) < 4.78 is 28.2. The van der Waals surface area contributed by atoms with Gasteiger partial charge < -0.3 is 10.6 Å². The summed E-state index contributed by atoms with van der Waals surface area (Å²) in [7, 11) is -3.79. The smallest absolute Gasteiger partial charge is 0.286 e. The lowest BCUT2D eigenvalue weighted by molar-refractivity contribution is -0.113. The van der Waals surface area contributed by atoms with E-state index in [2.05, 4.69) is 15.0 Å². The highest BCUT2D eigenvalue weighted by Gasteiger charge is 2.25. The second-order valence-corrected chi connectivity index (χ2v) is 8.51. The molecule has 3 rings (SSSR count). The molecule has 2 aromatic rings. The number of rotatable bonds is 4. The monoisotopic (exact) mass is 403 g/mol. The number of carbonyl (C=O) groups excluding carboxylic acids is 2. The lowest BCUT2D eigenvalue weighted by Crippen LogP contribution is -2.22. The van der Waals surface area contributed by atoms with Crippen LogP contribution >= 0.6 is 11.8 Å². The molecule has 9 heteroatoms. The summed E-state index contributed by atoms with van der Waals surface area (Å²) in [5, 5.41) is 5.77. The van der Waals surface area contributed by atoms with Gasteiger partial charge in [-0.15, -0.1) is 4.40 Å². The molecule has 0 fully saturated rings. The van der Waals surface area contributed by atoms with Crippen molar-refractivity contribution in [3.05, 3.63) is 53.6 Å². The van der Waals surface area contributed by atoms with Gasteiger partial charge in [-0.2, -0.15) is 8.42 Å². The second-order valence-electron chi connectivity index (χ2n) is 5.97. The van der Waals surface area contributed by atoms with Crippen LogP contribution in [0, 0.1) is 6.92 Å². The van der Waals surface area contributed by atoms with Gasteiger partial charge in [0, 0.05) is 11.3 Å². The average molecular weight is 403 g/mol. The molecule has 1 aliphatic rings. The molecule has 7 nitrogen and oxygen atoms in total. The Morgan fingerprint density at radius 1 is 1.19 bits per heavy atom. The topological polar surface area (TPSA) is 105 Å². The summed E-state index contributed by atoms with van der Waals surface area (Å²) in [5.41, 5.74) is 2.35. The fraction of sp³-hybridized carbons (Fsp3) is 0.167. The van der Waals surface area contributed by atoms with Crippen molar-refractivity contribution < 1.29 is 18.0 Å². The van der Waals surface area contributed by atoms with Gasteiger partial charge >= 0.3 is 0 Å². The molecule has 2 aromatic carbocycles. The normalized spacial score (nSPS) is 14.5. The third kappa shape index (κ3) is 4.55. The van der Waals surface area contributed by atoms with Gasteiger partial charge in [-0.25, -0.2) is 0 Å². The number of amidine groups is 1. The van der Waals surface area contributed by atoms with Crippen molar-refractivity contribution in [3.8, 4) is 0 Å². The van der Waals surface area contributed by atoms with Crippen LogP contribution in [0.3, 0.4) is 0 Å². The fourth-order valence-electron chi connectivity index (χ4n) is 2.47. The van der Waals surface area contributed by atoms with E-state index in [1.165, 1.54) is 13.0 Å². The van der Waals surface area contributed by atoms with Crippen LogP contribution in [-0.2, 0) is 14.8 Å². The maximum atomic E-state index is 12.3. The Bertz CT molecular complexity index is 1060. The number of carbonyl (C=O) groups is 2. The zero-order valence-corrected chi connectivity index (χ0v) is 16.3. The molecule has 1 heterocycles. The Hall–Kier alpha value is -2.65. The number of nitrogens with one attached hydrogen (secondary N) is 2. The molecule has 140 valence electrons. The predicted octanol–water partition coefficient (Wildman–Crippen LogP) is 3.04. The first-order valence-corrected chi connectivity index (χ1v) is 10.4. The Kier molecular flexibility index (Phi) is 5.33. The van der Waals surface area contributed by atoms with E-state index in [0.29, 0.717) is 16.9 Å². The van der Waals surface area contributed by atoms with E-state index in [1.807, 2.05) is 6.92 Å². The maximum absolute atomic E-state index is 12.3. The Morgan fingerprint density at radius 2 is 1.96 bits per heavy atom. The van der Waals surface area contributed by atoms with Crippen molar-refractivity contribution in [1.29, 1.82) is 0 Å². The first kappa shape index (κ1) is 19.1. The summed E-state index contributed by atoms with van der Waals surface area (Å²) in [6, 6.07) is 11.5. The van der Waals surface area contributed by atoms with E-state index in [1.54, 1.807) is 36.4 Å². The number of aryl methyl sites for hydroxylation is 1. The minimum Gasteiger partial charge on any atom is -0.333 e. The first-order valence-electron chi connectivity index (χ1n) is 8.01. The number of hydrogen-bond donors (Lipinski definition) is 2. The Labute approximate surface area is 161 Å². The van der Waals surface area contributed by atoms with Crippen LogP contribution in [0.25, 0.3) is 0 Å². The highest BCUT2D eigenvalue weighted by atomic mass is 32.2. The number of benzene rings is 2. The van der Waals surface area contributed by atoms with Gasteiger partial charge in [0.15, 0.2) is 11.0 Å². The molecule has 2 N–H and O–H groups in total. The molecule has 27 heavy (non-hydrogen) atoms. The summed E-state index contributed by atoms with van der Waals surface area (Å²) >= 11 is 0.988. The van der Waals surface area contributed by atoms with Gasteiger partial charge in [-0.3, -0.25) is 9.59 Å². The van der Waals surface area contributed by atoms with E-state index >= 15 is 0 Å². The minimum absolute atomic E-state index is 0.0349. The molecular formula is C18H17N3O4S2. The van der Waals surface area contributed by atoms with Crippen LogP contribution in [0.15, 0.2) is 51.8 Å². The molecular weight excluding hydrogens is 386 g/mol. The maximum Gasteiger partial charge on any atom is 0.286 e. The van der Waals surface area contributed by atoms with Crippen LogP contribution in [0.2, 0.25) is 0 Å². The van der Waals surface area contributed by atoms with E-state index in [-0.39, 0.29) is 27.5 Å². The molecule has 0 saturated heterocycles. The van der Waals surface area contributed by atoms with Gasteiger partial charge in [-0.05, 0) is 43.7 Å². The van der Waals surface area contributed by atoms with Crippen LogP contribution in [-0.4, -0.2) is 31.0 Å². The number of nitrogens with zero attached hydrogens (tertiary/aromatic N) is 1. The molecule has 0 spiro atoms. The zero-order valence-electron chi connectivity index (χ0n) is 14.6. The fourth-order valence-corrected chi connectivity index (χ4v) is 4.49. The molecule has 0 atom stereocenters. The van der Waals surface area contributed by atoms with Crippen LogP contribution in [0.1, 0.15) is 22.8 Å². The van der Waals surface area contributed by atoms with E-state index in [9.17, 15) is 18.0 Å². The van der Waals surface area contributed by atoms with Gasteiger partial charge in [0.05, 0.1) is 11.4 Å². The van der Waals surface area contributed by atoms with Crippen LogP contribution < -0.4 is 10.6 Å². The molecule has 0 radical (unpaired) electrons. The first-order chi connectivity index (χ1) is 12.7. The average Bonchev–Trinajstić information content (AvgIpc) is 2.59. The van der Waals surface area contributed by atoms with Crippen molar-refractivity contribution in [2.75, 3.05) is 16.4 Å². The largest absolute Gasteiger partial charge is 0.333 e. The number of amides is 1. The number of fused-ring (bicyclic) bond motifs is 1. The van der Waals surface area contributed by atoms with E-state index in [0.717, 1.165) is 17.3 Å². The van der Waals surface area contributed by atoms with Crippen LogP contribution in [0.4, 0.5) is 11.4 Å². The highest BCUT2D eigenvalue weighted by molar-refractivity contribution is 8.15. The third-order valence-electron chi connectivity index (χ3n) is 3.75. The van der Waals surface area contributed by atoms with Crippen molar-refractivity contribution in [3.63, 3.8) is 0 Å². The Morgan fingerprint density at radius 3 is 2.70 bits per heavy atom. The number of thioether (sulfide) groups is 1. The number of sulfonamides is 1. The molecule has 0 aliphatic carbocycles. The minimum atomic E-state index is -3.79. The third-order valence-corrected chi connectivity index (χ3v) is 6.07. The molecule has 1 aliphatic heterocycles. The summed E-state index contributed by atoms with van der Waals surface area (Å²) in [6.07, 6.45) is 0. The van der Waals surface area contributed by atoms with Gasteiger partial charge in [-0.1, -0.05) is 30.0 Å². The second kappa shape index (κ2) is 7.53. The summed E-state index contributed by atoms with van der Waals surface area (Å²) in [4.78, 5) is 23.7. The molecule has 0 saturated carbocycles. The molecule has 1 amide bonds. The van der Waals surface area contributed by atoms with Crippen molar-refractivity contribution >= 4 is 50.0 Å². The molecule has 0 aromatic heterocycles. The highest BCUT2D eigenvalue weighted by Crippen LogP contribution is 2.30. The number of Topliss-reactive ketones (excluding diaryl/α,β-unsaturated/α-hetero) is 1.